The number of aromatic nitrogens is 3. The van der Waals surface area contributed by atoms with Gasteiger partial charge in [-0.15, -0.1) is 0 Å². The van der Waals surface area contributed by atoms with Gasteiger partial charge in [0.2, 0.25) is 5.91 Å². The Kier molecular flexibility index (Phi) is 6.54. The Morgan fingerprint density at radius 2 is 1.91 bits per heavy atom. The Morgan fingerprint density at radius 3 is 2.66 bits per heavy atom. The fraction of sp³-hybridized carbons (Fsp3) is 0.185. The van der Waals surface area contributed by atoms with Gasteiger partial charge in [-0.3, -0.25) is 14.8 Å². The van der Waals surface area contributed by atoms with Gasteiger partial charge in [0, 0.05) is 42.9 Å². The van der Waals surface area contributed by atoms with Crippen LogP contribution in [0.3, 0.4) is 0 Å². The molecule has 35 heavy (non-hydrogen) atoms. The molecule has 176 valence electrons. The molecule has 5 rings (SSSR count). The maximum Gasteiger partial charge on any atom is 0.226 e. The zero-order valence-electron chi connectivity index (χ0n) is 19.3. The number of carbonyl (C=O) groups excluding carboxylic acids is 1. The van der Waals surface area contributed by atoms with Gasteiger partial charge in [0.15, 0.2) is 5.11 Å². The molecule has 1 aliphatic rings. The van der Waals surface area contributed by atoms with Crippen LogP contribution in [-0.4, -0.2) is 37.0 Å². The van der Waals surface area contributed by atoms with Crippen LogP contribution in [-0.2, 0) is 4.79 Å². The number of pyridine rings is 2. The van der Waals surface area contributed by atoms with Crippen LogP contribution in [0.1, 0.15) is 35.5 Å². The predicted octanol–water partition coefficient (Wildman–Crippen LogP) is 4.58. The molecule has 0 unspecified atom stereocenters. The lowest BCUT2D eigenvalue weighted by molar-refractivity contribution is -0.116. The lowest BCUT2D eigenvalue weighted by atomic mass is 10.0. The lowest BCUT2D eigenvalue weighted by Gasteiger charge is -2.28. The topological polar surface area (TPSA) is 75.1 Å². The molecule has 0 aliphatic carbocycles. The minimum absolute atomic E-state index is 0.0562. The third kappa shape index (κ3) is 4.93. The molecule has 1 aliphatic heterocycles. The quantitative estimate of drug-likeness (QED) is 0.376. The summed E-state index contributed by atoms with van der Waals surface area (Å²) >= 11 is 5.76. The number of carbonyl (C=O) groups is 1. The summed E-state index contributed by atoms with van der Waals surface area (Å²) in [7, 11) is 0. The third-order valence-corrected chi connectivity index (χ3v) is 6.47. The summed E-state index contributed by atoms with van der Waals surface area (Å²) in [5.41, 5.74) is 4.83. The maximum atomic E-state index is 12.8. The van der Waals surface area contributed by atoms with Crippen molar-refractivity contribution in [2.45, 2.75) is 25.4 Å². The number of aryl methyl sites for hydroxylation is 1. The average molecular weight is 483 g/mol. The highest BCUT2D eigenvalue weighted by Crippen LogP contribution is 2.39. The molecule has 1 amide bonds. The Hall–Kier alpha value is -4.04. The first-order chi connectivity index (χ1) is 17.1. The third-order valence-electron chi connectivity index (χ3n) is 6.12. The first kappa shape index (κ1) is 22.7. The van der Waals surface area contributed by atoms with E-state index in [-0.39, 0.29) is 18.0 Å². The molecule has 1 saturated heterocycles. The summed E-state index contributed by atoms with van der Waals surface area (Å²) in [5, 5.41) is 7.04. The van der Waals surface area contributed by atoms with E-state index in [4.69, 9.17) is 12.2 Å². The van der Waals surface area contributed by atoms with Crippen LogP contribution in [0, 0.1) is 6.92 Å². The first-order valence-electron chi connectivity index (χ1n) is 11.5. The summed E-state index contributed by atoms with van der Waals surface area (Å²) in [4.78, 5) is 23.7. The molecule has 1 aromatic carbocycles. The Balaban J connectivity index is 1.42. The number of rotatable bonds is 7. The highest BCUT2D eigenvalue weighted by atomic mass is 32.1. The molecule has 2 atom stereocenters. The van der Waals surface area contributed by atoms with Crippen LogP contribution in [0.5, 0.6) is 0 Å². The zero-order chi connectivity index (χ0) is 24.2. The van der Waals surface area contributed by atoms with E-state index >= 15 is 0 Å². The molecule has 2 N–H and O–H groups in total. The molecular weight excluding hydrogens is 456 g/mol. The number of benzene rings is 1. The lowest BCUT2D eigenvalue weighted by Crippen LogP contribution is -2.33. The molecule has 8 heteroatoms. The highest BCUT2D eigenvalue weighted by Gasteiger charge is 2.41. The normalized spacial score (nSPS) is 17.3. The van der Waals surface area contributed by atoms with Crippen LogP contribution in [0.2, 0.25) is 0 Å². The molecule has 7 nitrogen and oxygen atoms in total. The van der Waals surface area contributed by atoms with Crippen molar-refractivity contribution in [1.82, 2.24) is 24.8 Å². The zero-order valence-corrected chi connectivity index (χ0v) is 20.2. The number of nitrogens with zero attached hydrogens (tertiary/aromatic N) is 4. The second-order valence-electron chi connectivity index (χ2n) is 8.50. The Morgan fingerprint density at radius 1 is 1.06 bits per heavy atom. The number of thiocarbonyl (C=S) groups is 1. The van der Waals surface area contributed by atoms with Crippen LogP contribution >= 0.6 is 12.2 Å². The van der Waals surface area contributed by atoms with Crippen molar-refractivity contribution in [1.29, 1.82) is 0 Å². The summed E-state index contributed by atoms with van der Waals surface area (Å²) in [6.07, 6.45) is 7.70. The minimum atomic E-state index is -0.158. The number of nitrogens with one attached hydrogen (secondary N) is 2. The SMILES string of the molecule is Cc1ccc(NC(=O)CCN2C(=S)N[C@H](c3ccccn3)[C@H]2c2cccn2-c2cccnc2)cc1. The van der Waals surface area contributed by atoms with Crippen LogP contribution < -0.4 is 10.6 Å². The predicted molar refractivity (Wildman–Crippen MR) is 140 cm³/mol. The fourth-order valence-corrected chi connectivity index (χ4v) is 4.75. The average Bonchev–Trinajstić information content (AvgIpc) is 3.49. The standard InChI is InChI=1S/C27H26N6OS/c1-19-9-11-20(12-10-19)30-24(34)13-17-33-26(25(31-27(33)35)22-7-2-3-15-29-22)23-8-5-16-32(23)21-6-4-14-28-18-21/h2-12,14-16,18,25-26H,13,17H2,1H3,(H,30,34)(H,31,35)/t25-,26-/m1/s1. The first-order valence-corrected chi connectivity index (χ1v) is 11.9. The van der Waals surface area contributed by atoms with Crippen molar-refractivity contribution in [2.75, 3.05) is 11.9 Å². The monoisotopic (exact) mass is 482 g/mol. The highest BCUT2D eigenvalue weighted by molar-refractivity contribution is 7.80. The molecule has 0 bridgehead atoms. The van der Waals surface area contributed by atoms with Gasteiger partial charge in [0.1, 0.15) is 0 Å². The molecule has 3 aromatic heterocycles. The smallest absolute Gasteiger partial charge is 0.226 e. The van der Waals surface area contributed by atoms with Gasteiger partial charge in [-0.25, -0.2) is 0 Å². The van der Waals surface area contributed by atoms with Crippen molar-refractivity contribution >= 4 is 28.9 Å². The van der Waals surface area contributed by atoms with Crippen molar-refractivity contribution < 1.29 is 4.79 Å². The van der Waals surface area contributed by atoms with E-state index in [0.717, 1.165) is 28.3 Å². The van der Waals surface area contributed by atoms with Crippen LogP contribution in [0.25, 0.3) is 5.69 Å². The van der Waals surface area contributed by atoms with Gasteiger partial charge in [0.05, 0.1) is 29.7 Å². The number of amides is 1. The largest absolute Gasteiger partial charge is 0.352 e. The summed E-state index contributed by atoms with van der Waals surface area (Å²) in [6, 6.07) is 21.4. The van der Waals surface area contributed by atoms with E-state index in [9.17, 15) is 4.79 Å². The summed E-state index contributed by atoms with van der Waals surface area (Å²) in [5.74, 6) is -0.0562. The van der Waals surface area contributed by atoms with E-state index in [2.05, 4.69) is 36.1 Å². The second-order valence-corrected chi connectivity index (χ2v) is 8.89. The van der Waals surface area contributed by atoms with Crippen LogP contribution in [0.15, 0.2) is 91.5 Å². The molecule has 4 aromatic rings. The van der Waals surface area contributed by atoms with E-state index in [1.807, 2.05) is 80.0 Å². The molecule has 0 spiro atoms. The summed E-state index contributed by atoms with van der Waals surface area (Å²) < 4.78 is 2.11. The van der Waals surface area contributed by atoms with Gasteiger partial charge in [0.25, 0.3) is 0 Å². The number of hydrogen-bond donors (Lipinski definition) is 2. The Labute approximate surface area is 209 Å². The van der Waals surface area contributed by atoms with E-state index in [0.29, 0.717) is 18.1 Å². The van der Waals surface area contributed by atoms with Gasteiger partial charge in [-0.2, -0.15) is 0 Å². The van der Waals surface area contributed by atoms with E-state index in [1.165, 1.54) is 0 Å². The van der Waals surface area contributed by atoms with Gasteiger partial charge >= 0.3 is 0 Å². The van der Waals surface area contributed by atoms with Gasteiger partial charge in [-0.1, -0.05) is 23.8 Å². The van der Waals surface area contributed by atoms with Crippen molar-refractivity contribution in [3.05, 3.63) is 108 Å². The fourth-order valence-electron chi connectivity index (χ4n) is 4.42. The number of anilines is 1. The van der Waals surface area contributed by atoms with E-state index in [1.54, 1.807) is 12.4 Å². The molecular formula is C27H26N6OS. The molecule has 4 heterocycles. The molecule has 0 radical (unpaired) electrons. The van der Waals surface area contributed by atoms with E-state index < -0.39 is 0 Å². The van der Waals surface area contributed by atoms with Crippen LogP contribution in [0.4, 0.5) is 5.69 Å². The maximum absolute atomic E-state index is 12.8. The second kappa shape index (κ2) is 10.1. The van der Waals surface area contributed by atoms with Crippen molar-refractivity contribution in [2.24, 2.45) is 0 Å². The van der Waals surface area contributed by atoms with Crippen molar-refractivity contribution in [3.63, 3.8) is 0 Å². The minimum Gasteiger partial charge on any atom is -0.352 e. The summed E-state index contributed by atoms with van der Waals surface area (Å²) in [6.45, 7) is 2.49. The van der Waals surface area contributed by atoms with Gasteiger partial charge in [-0.05, 0) is 67.7 Å². The Bertz CT molecular complexity index is 1310. The number of hydrogen-bond acceptors (Lipinski definition) is 4. The molecule has 1 fully saturated rings. The van der Waals surface area contributed by atoms with Gasteiger partial charge < -0.3 is 20.1 Å². The molecule has 0 saturated carbocycles. The van der Waals surface area contributed by atoms with Crippen molar-refractivity contribution in [3.8, 4) is 5.69 Å².